The average molecular weight is 268 g/mol. The second-order valence-corrected chi connectivity index (χ2v) is 5.34. The molecule has 0 unspecified atom stereocenters. The van der Waals surface area contributed by atoms with Crippen LogP contribution >= 0.6 is 11.6 Å². The number of carbonyl (C=O) groups is 1. The van der Waals surface area contributed by atoms with Crippen LogP contribution in [-0.2, 0) is 0 Å². The summed E-state index contributed by atoms with van der Waals surface area (Å²) >= 11 is 5.87. The maximum Gasteiger partial charge on any atom is 0.319 e. The van der Waals surface area contributed by atoms with Gasteiger partial charge in [-0.3, -0.25) is 0 Å². The molecular formula is C13H18ClN3O. The fraction of sp³-hybridized carbons (Fsp3) is 0.462. The second kappa shape index (κ2) is 5.59. The number of rotatable bonds is 2. The van der Waals surface area contributed by atoms with Crippen LogP contribution in [0.3, 0.4) is 0 Å². The van der Waals surface area contributed by atoms with Gasteiger partial charge in [-0.05, 0) is 51.1 Å². The molecule has 0 spiro atoms. The first-order valence-corrected chi connectivity index (χ1v) is 6.51. The number of hydrogen-bond donors (Lipinski definition) is 3. The summed E-state index contributed by atoms with van der Waals surface area (Å²) in [5.74, 6) is 0. The molecule has 1 aromatic carbocycles. The van der Waals surface area contributed by atoms with E-state index < -0.39 is 0 Å². The molecule has 0 radical (unpaired) electrons. The molecule has 1 aromatic rings. The molecule has 1 saturated heterocycles. The van der Waals surface area contributed by atoms with Crippen molar-refractivity contribution in [3.63, 3.8) is 0 Å². The zero-order valence-corrected chi connectivity index (χ0v) is 11.2. The molecule has 5 heteroatoms. The van der Waals surface area contributed by atoms with E-state index in [-0.39, 0.29) is 11.6 Å². The molecule has 0 atom stereocenters. The minimum Gasteiger partial charge on any atom is -0.333 e. The SMILES string of the molecule is CC1(NC(=O)Nc2cccc(Cl)c2)CCNCC1. The highest BCUT2D eigenvalue weighted by molar-refractivity contribution is 6.30. The average Bonchev–Trinajstić information content (AvgIpc) is 2.28. The van der Waals surface area contributed by atoms with Gasteiger partial charge in [0.25, 0.3) is 0 Å². The number of nitrogens with one attached hydrogen (secondary N) is 3. The van der Waals surface area contributed by atoms with Crippen LogP contribution in [0.1, 0.15) is 19.8 Å². The molecule has 2 amide bonds. The highest BCUT2D eigenvalue weighted by atomic mass is 35.5. The second-order valence-electron chi connectivity index (χ2n) is 4.90. The van der Waals surface area contributed by atoms with Gasteiger partial charge in [0.15, 0.2) is 0 Å². The zero-order chi connectivity index (χ0) is 13.0. The Morgan fingerprint density at radius 1 is 1.39 bits per heavy atom. The first-order chi connectivity index (χ1) is 8.57. The molecule has 1 aliphatic heterocycles. The fourth-order valence-electron chi connectivity index (χ4n) is 2.11. The quantitative estimate of drug-likeness (QED) is 0.772. The Kier molecular flexibility index (Phi) is 4.09. The van der Waals surface area contributed by atoms with Crippen molar-refractivity contribution in [1.29, 1.82) is 0 Å². The molecule has 0 aromatic heterocycles. The molecule has 98 valence electrons. The molecule has 3 N–H and O–H groups in total. The molecule has 1 aliphatic rings. The zero-order valence-electron chi connectivity index (χ0n) is 10.4. The molecule has 4 nitrogen and oxygen atoms in total. The largest absolute Gasteiger partial charge is 0.333 e. The molecule has 0 bridgehead atoms. The highest BCUT2D eigenvalue weighted by Crippen LogP contribution is 2.18. The lowest BCUT2D eigenvalue weighted by molar-refractivity contribution is 0.225. The number of piperidine rings is 1. The van der Waals surface area contributed by atoms with Crippen LogP contribution in [0.15, 0.2) is 24.3 Å². The Morgan fingerprint density at radius 2 is 2.11 bits per heavy atom. The monoisotopic (exact) mass is 267 g/mol. The van der Waals surface area contributed by atoms with Gasteiger partial charge in [-0.25, -0.2) is 4.79 Å². The third-order valence-corrected chi connectivity index (χ3v) is 3.44. The lowest BCUT2D eigenvalue weighted by atomic mass is 9.91. The van der Waals surface area contributed by atoms with Crippen LogP contribution < -0.4 is 16.0 Å². The van der Waals surface area contributed by atoms with Gasteiger partial charge in [-0.2, -0.15) is 0 Å². The van der Waals surface area contributed by atoms with E-state index in [4.69, 9.17) is 11.6 Å². The lowest BCUT2D eigenvalue weighted by Crippen LogP contribution is -2.53. The van der Waals surface area contributed by atoms with Gasteiger partial charge in [0.05, 0.1) is 0 Å². The van der Waals surface area contributed by atoms with Crippen molar-refractivity contribution in [2.24, 2.45) is 0 Å². The van der Waals surface area contributed by atoms with Crippen molar-refractivity contribution >= 4 is 23.3 Å². The molecule has 0 saturated carbocycles. The highest BCUT2D eigenvalue weighted by Gasteiger charge is 2.28. The summed E-state index contributed by atoms with van der Waals surface area (Å²) in [4.78, 5) is 11.9. The Hall–Kier alpha value is -1.26. The molecule has 18 heavy (non-hydrogen) atoms. The van der Waals surface area contributed by atoms with Crippen molar-refractivity contribution in [1.82, 2.24) is 10.6 Å². The summed E-state index contributed by atoms with van der Waals surface area (Å²) < 4.78 is 0. The van der Waals surface area contributed by atoms with Crippen molar-refractivity contribution in [2.45, 2.75) is 25.3 Å². The number of amides is 2. The van der Waals surface area contributed by atoms with Gasteiger partial charge in [0.2, 0.25) is 0 Å². The Morgan fingerprint density at radius 3 is 2.78 bits per heavy atom. The van der Waals surface area contributed by atoms with E-state index in [0.29, 0.717) is 10.7 Å². The third-order valence-electron chi connectivity index (χ3n) is 3.20. The Bertz CT molecular complexity index is 430. The van der Waals surface area contributed by atoms with Gasteiger partial charge >= 0.3 is 6.03 Å². The van der Waals surface area contributed by atoms with Gasteiger partial charge in [-0.1, -0.05) is 17.7 Å². The predicted molar refractivity (Wildman–Crippen MR) is 74.1 cm³/mol. The molecule has 1 fully saturated rings. The standard InChI is InChI=1S/C13H18ClN3O/c1-13(5-7-15-8-6-13)17-12(18)16-11-4-2-3-10(14)9-11/h2-4,9,15H,5-8H2,1H3,(H2,16,17,18). The van der Waals surface area contributed by atoms with E-state index in [1.54, 1.807) is 12.1 Å². The first-order valence-electron chi connectivity index (χ1n) is 6.13. The van der Waals surface area contributed by atoms with Crippen molar-refractivity contribution in [3.8, 4) is 0 Å². The maximum atomic E-state index is 11.9. The van der Waals surface area contributed by atoms with Crippen LogP contribution in [0.5, 0.6) is 0 Å². The summed E-state index contributed by atoms with van der Waals surface area (Å²) in [5.41, 5.74) is 0.575. The van der Waals surface area contributed by atoms with Gasteiger partial charge < -0.3 is 16.0 Å². The normalized spacial score (nSPS) is 18.1. The van der Waals surface area contributed by atoms with Crippen LogP contribution in [0.4, 0.5) is 10.5 Å². The predicted octanol–water partition coefficient (Wildman–Crippen LogP) is 2.60. The van der Waals surface area contributed by atoms with Crippen LogP contribution in [0.2, 0.25) is 5.02 Å². The summed E-state index contributed by atoms with van der Waals surface area (Å²) in [7, 11) is 0. The number of carbonyl (C=O) groups excluding carboxylic acids is 1. The third kappa shape index (κ3) is 3.62. The fourth-order valence-corrected chi connectivity index (χ4v) is 2.30. The smallest absolute Gasteiger partial charge is 0.319 e. The molecule has 1 heterocycles. The molecule has 0 aliphatic carbocycles. The van der Waals surface area contributed by atoms with Crippen molar-refractivity contribution in [3.05, 3.63) is 29.3 Å². The van der Waals surface area contributed by atoms with E-state index in [0.717, 1.165) is 25.9 Å². The van der Waals surface area contributed by atoms with E-state index in [9.17, 15) is 4.79 Å². The summed E-state index contributed by atoms with van der Waals surface area (Å²) in [5, 5.41) is 9.72. The van der Waals surface area contributed by atoms with Gasteiger partial charge in [0.1, 0.15) is 0 Å². The van der Waals surface area contributed by atoms with Gasteiger partial charge in [-0.15, -0.1) is 0 Å². The van der Waals surface area contributed by atoms with E-state index in [1.807, 2.05) is 12.1 Å². The van der Waals surface area contributed by atoms with E-state index in [1.165, 1.54) is 0 Å². The molecule has 2 rings (SSSR count). The van der Waals surface area contributed by atoms with Crippen LogP contribution in [-0.4, -0.2) is 24.7 Å². The topological polar surface area (TPSA) is 53.2 Å². The number of halogens is 1. The molecular weight excluding hydrogens is 250 g/mol. The first kappa shape index (κ1) is 13.2. The number of anilines is 1. The number of hydrogen-bond acceptors (Lipinski definition) is 2. The number of urea groups is 1. The minimum absolute atomic E-state index is 0.131. The Labute approximate surface area is 112 Å². The number of benzene rings is 1. The van der Waals surface area contributed by atoms with E-state index in [2.05, 4.69) is 22.9 Å². The summed E-state index contributed by atoms with van der Waals surface area (Å²) in [6.45, 7) is 3.95. The van der Waals surface area contributed by atoms with E-state index >= 15 is 0 Å². The lowest BCUT2D eigenvalue weighted by Gasteiger charge is -2.34. The van der Waals surface area contributed by atoms with Crippen LogP contribution in [0.25, 0.3) is 0 Å². The summed E-state index contributed by atoms with van der Waals surface area (Å²) in [6, 6.07) is 6.95. The van der Waals surface area contributed by atoms with Crippen LogP contribution in [0, 0.1) is 0 Å². The van der Waals surface area contributed by atoms with Crippen molar-refractivity contribution < 1.29 is 4.79 Å². The Balaban J connectivity index is 1.92. The maximum absolute atomic E-state index is 11.9. The minimum atomic E-state index is -0.179. The summed E-state index contributed by atoms with van der Waals surface area (Å²) in [6.07, 6.45) is 1.88. The van der Waals surface area contributed by atoms with Crippen molar-refractivity contribution in [2.75, 3.05) is 18.4 Å². The van der Waals surface area contributed by atoms with Gasteiger partial charge in [0, 0.05) is 16.2 Å².